The molecule has 2 aromatic rings. The van der Waals surface area contributed by atoms with Crippen LogP contribution in [0.15, 0.2) is 47.6 Å². The number of amides is 2. The van der Waals surface area contributed by atoms with E-state index < -0.39 is 0 Å². The van der Waals surface area contributed by atoms with Crippen LogP contribution in [0.1, 0.15) is 37.8 Å². The van der Waals surface area contributed by atoms with E-state index in [0.29, 0.717) is 30.9 Å². The maximum Gasteiger partial charge on any atom is 0.243 e. The highest BCUT2D eigenvalue weighted by molar-refractivity contribution is 6.04. The molecule has 2 amide bonds. The van der Waals surface area contributed by atoms with Crippen LogP contribution in [-0.2, 0) is 16.1 Å². The molecular formula is C23H27N3O4. The van der Waals surface area contributed by atoms with Crippen molar-refractivity contribution in [1.29, 1.82) is 0 Å². The van der Waals surface area contributed by atoms with Gasteiger partial charge < -0.3 is 14.8 Å². The predicted molar refractivity (Wildman–Crippen MR) is 116 cm³/mol. The van der Waals surface area contributed by atoms with Crippen molar-refractivity contribution in [2.45, 2.75) is 33.2 Å². The Morgan fingerprint density at radius 3 is 2.40 bits per heavy atom. The molecule has 0 aromatic heterocycles. The van der Waals surface area contributed by atoms with Gasteiger partial charge in [-0.3, -0.25) is 9.59 Å². The van der Waals surface area contributed by atoms with Crippen LogP contribution in [0.3, 0.4) is 0 Å². The molecule has 0 spiro atoms. The first-order valence-corrected chi connectivity index (χ1v) is 9.91. The summed E-state index contributed by atoms with van der Waals surface area (Å²) in [5.41, 5.74) is 3.40. The second kappa shape index (κ2) is 9.43. The molecule has 30 heavy (non-hydrogen) atoms. The average Bonchev–Trinajstić information content (AvgIpc) is 2.76. The number of hydrogen-bond acceptors (Lipinski definition) is 5. The highest BCUT2D eigenvalue weighted by Crippen LogP contribution is 2.29. The van der Waals surface area contributed by atoms with Crippen molar-refractivity contribution in [1.82, 2.24) is 5.01 Å². The fourth-order valence-corrected chi connectivity index (χ4v) is 3.10. The van der Waals surface area contributed by atoms with Gasteiger partial charge in [0, 0.05) is 30.0 Å². The summed E-state index contributed by atoms with van der Waals surface area (Å²) in [6.07, 6.45) is 0.973. The number of nitrogens with zero attached hydrogens (tertiary/aromatic N) is 2. The van der Waals surface area contributed by atoms with E-state index in [9.17, 15) is 9.59 Å². The molecule has 0 saturated heterocycles. The summed E-state index contributed by atoms with van der Waals surface area (Å²) in [6, 6.07) is 13.1. The summed E-state index contributed by atoms with van der Waals surface area (Å²) in [6.45, 7) is 4.06. The summed E-state index contributed by atoms with van der Waals surface area (Å²) in [5, 5.41) is 8.95. The number of hydrogen-bond donors (Lipinski definition) is 1. The van der Waals surface area contributed by atoms with Crippen molar-refractivity contribution in [3.63, 3.8) is 0 Å². The molecule has 1 aliphatic heterocycles. The number of ether oxygens (including phenoxy) is 2. The third kappa shape index (κ3) is 4.97. The van der Waals surface area contributed by atoms with Gasteiger partial charge in [-0.1, -0.05) is 26.0 Å². The van der Waals surface area contributed by atoms with Crippen LogP contribution >= 0.6 is 0 Å². The quantitative estimate of drug-likeness (QED) is 0.754. The zero-order valence-corrected chi connectivity index (χ0v) is 17.8. The van der Waals surface area contributed by atoms with Gasteiger partial charge in [-0.2, -0.15) is 5.10 Å². The summed E-state index contributed by atoms with van der Waals surface area (Å²) < 4.78 is 10.7. The number of nitrogens with one attached hydrogen (secondary N) is 1. The van der Waals surface area contributed by atoms with E-state index in [4.69, 9.17) is 9.47 Å². The molecule has 158 valence electrons. The number of benzene rings is 2. The number of methoxy groups -OCH3 is 2. The first-order chi connectivity index (χ1) is 14.4. The van der Waals surface area contributed by atoms with Crippen molar-refractivity contribution in [2.24, 2.45) is 11.0 Å². The minimum absolute atomic E-state index is 0.0172. The van der Waals surface area contributed by atoms with Crippen molar-refractivity contribution >= 4 is 23.2 Å². The summed E-state index contributed by atoms with van der Waals surface area (Å²) >= 11 is 0. The first kappa shape index (κ1) is 21.4. The largest absolute Gasteiger partial charge is 0.493 e. The summed E-state index contributed by atoms with van der Waals surface area (Å²) in [5.74, 6) is 1.14. The molecule has 0 bridgehead atoms. The van der Waals surface area contributed by atoms with E-state index in [1.807, 2.05) is 56.3 Å². The van der Waals surface area contributed by atoms with Crippen molar-refractivity contribution < 1.29 is 19.1 Å². The normalized spacial score (nSPS) is 13.8. The lowest BCUT2D eigenvalue weighted by Crippen LogP contribution is -2.31. The number of hydrazone groups is 1. The fraction of sp³-hybridized carbons (Fsp3) is 0.348. The summed E-state index contributed by atoms with van der Waals surface area (Å²) in [7, 11) is 3.18. The van der Waals surface area contributed by atoms with Crippen molar-refractivity contribution in [3.8, 4) is 11.5 Å². The van der Waals surface area contributed by atoms with Gasteiger partial charge in [-0.25, -0.2) is 5.01 Å². The van der Waals surface area contributed by atoms with Crippen molar-refractivity contribution in [3.05, 3.63) is 53.6 Å². The molecule has 0 atom stereocenters. The van der Waals surface area contributed by atoms with Crippen LogP contribution in [0.4, 0.5) is 5.69 Å². The minimum Gasteiger partial charge on any atom is -0.493 e. The zero-order valence-electron chi connectivity index (χ0n) is 17.8. The summed E-state index contributed by atoms with van der Waals surface area (Å²) in [4.78, 5) is 24.2. The van der Waals surface area contributed by atoms with Gasteiger partial charge in [0.25, 0.3) is 0 Å². The Bertz CT molecular complexity index is 951. The Kier molecular flexibility index (Phi) is 6.72. The second-order valence-corrected chi connectivity index (χ2v) is 7.41. The number of carbonyl (C=O) groups excluding carboxylic acids is 2. The smallest absolute Gasteiger partial charge is 0.243 e. The van der Waals surface area contributed by atoms with Crippen LogP contribution in [0.25, 0.3) is 0 Å². The van der Waals surface area contributed by atoms with Gasteiger partial charge in [0.05, 0.1) is 26.5 Å². The van der Waals surface area contributed by atoms with Gasteiger partial charge in [0.1, 0.15) is 0 Å². The van der Waals surface area contributed by atoms with Gasteiger partial charge in [-0.05, 0) is 35.9 Å². The molecule has 3 rings (SSSR count). The highest BCUT2D eigenvalue weighted by atomic mass is 16.5. The monoisotopic (exact) mass is 409 g/mol. The molecule has 1 aliphatic rings. The number of anilines is 1. The lowest BCUT2D eigenvalue weighted by atomic mass is 10.0. The van der Waals surface area contributed by atoms with Crippen molar-refractivity contribution in [2.75, 3.05) is 19.5 Å². The molecule has 0 saturated carbocycles. The lowest BCUT2D eigenvalue weighted by molar-refractivity contribution is -0.132. The molecule has 7 heteroatoms. The Labute approximate surface area is 176 Å². The third-order valence-electron chi connectivity index (χ3n) is 4.90. The van der Waals surface area contributed by atoms with Crippen LogP contribution < -0.4 is 14.8 Å². The SMILES string of the molecule is COc1ccc(C2=NN(Cc3ccc(NC(=O)C(C)C)cc3)C(=O)CC2)cc1OC. The van der Waals surface area contributed by atoms with Crippen LogP contribution in [-0.4, -0.2) is 36.8 Å². The van der Waals surface area contributed by atoms with Gasteiger partial charge in [0.2, 0.25) is 11.8 Å². The molecular weight excluding hydrogens is 382 g/mol. The number of carbonyl (C=O) groups is 2. The van der Waals surface area contributed by atoms with E-state index in [-0.39, 0.29) is 17.7 Å². The Morgan fingerprint density at radius 2 is 1.77 bits per heavy atom. The van der Waals surface area contributed by atoms with Crippen LogP contribution in [0, 0.1) is 5.92 Å². The van der Waals surface area contributed by atoms with E-state index in [1.165, 1.54) is 5.01 Å². The standard InChI is InChI=1S/C23H27N3O4/c1-15(2)23(28)24-18-8-5-16(6-9-18)14-26-22(27)12-10-19(25-26)17-7-11-20(29-3)21(13-17)30-4/h5-9,11,13,15H,10,12,14H2,1-4H3,(H,24,28). The topological polar surface area (TPSA) is 80.2 Å². The third-order valence-corrected chi connectivity index (χ3v) is 4.90. The molecule has 2 aromatic carbocycles. The fourth-order valence-electron chi connectivity index (χ4n) is 3.10. The molecule has 0 aliphatic carbocycles. The zero-order chi connectivity index (χ0) is 21.7. The second-order valence-electron chi connectivity index (χ2n) is 7.41. The average molecular weight is 409 g/mol. The highest BCUT2D eigenvalue weighted by Gasteiger charge is 2.22. The Hall–Kier alpha value is -3.35. The molecule has 0 radical (unpaired) electrons. The molecule has 0 unspecified atom stereocenters. The van der Waals surface area contributed by atoms with Crippen LogP contribution in [0.2, 0.25) is 0 Å². The van der Waals surface area contributed by atoms with Crippen LogP contribution in [0.5, 0.6) is 11.5 Å². The maximum absolute atomic E-state index is 12.4. The van der Waals surface area contributed by atoms with Gasteiger partial charge in [0.15, 0.2) is 11.5 Å². The Balaban J connectivity index is 1.75. The van der Waals surface area contributed by atoms with Gasteiger partial charge >= 0.3 is 0 Å². The minimum atomic E-state index is -0.0833. The van der Waals surface area contributed by atoms with E-state index >= 15 is 0 Å². The van der Waals surface area contributed by atoms with E-state index in [1.54, 1.807) is 14.2 Å². The first-order valence-electron chi connectivity index (χ1n) is 9.91. The predicted octanol–water partition coefficient (Wildman–Crippen LogP) is 3.83. The maximum atomic E-state index is 12.4. The molecule has 1 N–H and O–H groups in total. The van der Waals surface area contributed by atoms with E-state index in [2.05, 4.69) is 10.4 Å². The molecule has 0 fully saturated rings. The molecule has 1 heterocycles. The molecule has 7 nitrogen and oxygen atoms in total. The lowest BCUT2D eigenvalue weighted by Gasteiger charge is -2.24. The van der Waals surface area contributed by atoms with E-state index in [0.717, 1.165) is 22.5 Å². The number of rotatable bonds is 7. The van der Waals surface area contributed by atoms with Gasteiger partial charge in [-0.15, -0.1) is 0 Å². The Morgan fingerprint density at radius 1 is 1.07 bits per heavy atom.